The van der Waals surface area contributed by atoms with Crippen molar-refractivity contribution < 1.29 is 22.5 Å². The minimum Gasteiger partial charge on any atom is -0.350 e. The minimum absolute atomic E-state index is 0.0402. The van der Waals surface area contributed by atoms with Gasteiger partial charge in [-0.05, 0) is 22.0 Å². The number of nitro groups is 1. The first kappa shape index (κ1) is 22.2. The molecule has 1 saturated heterocycles. The third kappa shape index (κ3) is 4.31. The van der Waals surface area contributed by atoms with Gasteiger partial charge in [0.25, 0.3) is 5.69 Å². The molecule has 0 bridgehead atoms. The standard InChI is InChI=1S/C18H16BrF4N7O2/c1-28-15-3-12(19)14(30(31)32)4-13(15)27-17(28)29-7-10(20)2-11(8-29)26-16-24-5-9(6-25-16)18(21,22)23/h3-6,10-11H,2,7-8H2,1H3,(H,24,25,26)/t10-,11-/m1/s1. The number of hydrogen-bond acceptors (Lipinski definition) is 7. The molecule has 1 aromatic carbocycles. The Kier molecular flexibility index (Phi) is 5.65. The van der Waals surface area contributed by atoms with E-state index in [0.29, 0.717) is 33.8 Å². The summed E-state index contributed by atoms with van der Waals surface area (Å²) in [5.41, 5.74) is -0.109. The summed E-state index contributed by atoms with van der Waals surface area (Å²) < 4.78 is 54.6. The molecular formula is C18H16BrF4N7O2. The molecule has 4 rings (SSSR count). The molecule has 14 heteroatoms. The summed E-state index contributed by atoms with van der Waals surface area (Å²) in [5, 5.41) is 14.1. The number of piperidine rings is 1. The molecular weight excluding hydrogens is 502 g/mol. The monoisotopic (exact) mass is 517 g/mol. The van der Waals surface area contributed by atoms with Gasteiger partial charge in [-0.2, -0.15) is 13.2 Å². The van der Waals surface area contributed by atoms with E-state index in [1.54, 1.807) is 22.6 Å². The Morgan fingerprint density at radius 1 is 1.25 bits per heavy atom. The molecule has 0 saturated carbocycles. The minimum atomic E-state index is -4.55. The van der Waals surface area contributed by atoms with Gasteiger partial charge in [0.15, 0.2) is 0 Å². The first-order valence-corrected chi connectivity index (χ1v) is 10.2. The van der Waals surface area contributed by atoms with Gasteiger partial charge in [0.2, 0.25) is 11.9 Å². The van der Waals surface area contributed by atoms with Crippen LogP contribution >= 0.6 is 15.9 Å². The van der Waals surface area contributed by atoms with E-state index in [0.717, 1.165) is 0 Å². The van der Waals surface area contributed by atoms with Crippen molar-refractivity contribution in [2.45, 2.75) is 24.8 Å². The number of halogens is 5. The Balaban J connectivity index is 1.57. The summed E-state index contributed by atoms with van der Waals surface area (Å²) in [4.78, 5) is 24.1. The van der Waals surface area contributed by atoms with Crippen LogP contribution in [0.5, 0.6) is 0 Å². The molecule has 1 aliphatic heterocycles. The summed E-state index contributed by atoms with van der Waals surface area (Å²) in [6.45, 7) is 0.331. The van der Waals surface area contributed by atoms with Crippen LogP contribution < -0.4 is 10.2 Å². The van der Waals surface area contributed by atoms with Gasteiger partial charge in [-0.25, -0.2) is 19.3 Å². The third-order valence-electron chi connectivity index (χ3n) is 5.12. The highest BCUT2D eigenvalue weighted by atomic mass is 79.9. The molecule has 2 atom stereocenters. The average Bonchev–Trinajstić information content (AvgIpc) is 3.02. The van der Waals surface area contributed by atoms with Gasteiger partial charge in [-0.15, -0.1) is 0 Å². The van der Waals surface area contributed by atoms with Crippen LogP contribution in [-0.2, 0) is 13.2 Å². The average molecular weight is 518 g/mol. The van der Waals surface area contributed by atoms with Gasteiger partial charge in [0.1, 0.15) is 6.17 Å². The second-order valence-corrected chi connectivity index (χ2v) is 8.25. The molecule has 1 N–H and O–H groups in total. The highest BCUT2D eigenvalue weighted by Gasteiger charge is 2.33. The fraction of sp³-hybridized carbons (Fsp3) is 0.389. The molecule has 9 nitrogen and oxygen atoms in total. The van der Waals surface area contributed by atoms with E-state index < -0.39 is 28.9 Å². The van der Waals surface area contributed by atoms with Crippen LogP contribution in [0.15, 0.2) is 29.0 Å². The summed E-state index contributed by atoms with van der Waals surface area (Å²) in [7, 11) is 1.71. The number of aromatic nitrogens is 4. The Labute approximate surface area is 186 Å². The highest BCUT2D eigenvalue weighted by molar-refractivity contribution is 9.10. The maximum absolute atomic E-state index is 14.5. The van der Waals surface area contributed by atoms with Crippen LogP contribution in [0, 0.1) is 10.1 Å². The number of fused-ring (bicyclic) bond motifs is 1. The largest absolute Gasteiger partial charge is 0.419 e. The van der Waals surface area contributed by atoms with Gasteiger partial charge in [-0.1, -0.05) is 0 Å². The van der Waals surface area contributed by atoms with Gasteiger partial charge in [-0.3, -0.25) is 10.1 Å². The molecule has 32 heavy (non-hydrogen) atoms. The number of anilines is 2. The number of imidazole rings is 1. The van der Waals surface area contributed by atoms with Crippen LogP contribution in [0.3, 0.4) is 0 Å². The zero-order valence-corrected chi connectivity index (χ0v) is 18.1. The quantitative estimate of drug-likeness (QED) is 0.316. The first-order valence-electron chi connectivity index (χ1n) is 9.38. The molecule has 3 aromatic rings. The maximum Gasteiger partial charge on any atom is 0.419 e. The molecule has 3 heterocycles. The highest BCUT2D eigenvalue weighted by Crippen LogP contribution is 2.33. The summed E-state index contributed by atoms with van der Waals surface area (Å²) >= 11 is 3.18. The normalized spacial score (nSPS) is 19.4. The Bertz CT molecular complexity index is 1170. The van der Waals surface area contributed by atoms with Crippen LogP contribution in [0.25, 0.3) is 11.0 Å². The molecule has 0 unspecified atom stereocenters. The zero-order chi connectivity index (χ0) is 23.2. The lowest BCUT2D eigenvalue weighted by Crippen LogP contribution is -2.48. The topological polar surface area (TPSA) is 102 Å². The number of aryl methyl sites for hydroxylation is 1. The predicted octanol–water partition coefficient (Wildman–Crippen LogP) is 4.08. The first-order chi connectivity index (χ1) is 15.0. The molecule has 0 aliphatic carbocycles. The Morgan fingerprint density at radius 3 is 2.56 bits per heavy atom. The van der Waals surface area contributed by atoms with E-state index in [9.17, 15) is 27.7 Å². The Morgan fingerprint density at radius 2 is 1.94 bits per heavy atom. The summed E-state index contributed by atoms with van der Waals surface area (Å²) in [6, 6.07) is 2.43. The van der Waals surface area contributed by atoms with E-state index in [2.05, 4.69) is 36.2 Å². The summed E-state index contributed by atoms with van der Waals surface area (Å²) in [6.07, 6.45) is -4.34. The van der Waals surface area contributed by atoms with E-state index in [1.165, 1.54) is 6.07 Å². The number of hydrogen-bond donors (Lipinski definition) is 1. The van der Waals surface area contributed by atoms with Crippen molar-refractivity contribution in [1.82, 2.24) is 19.5 Å². The molecule has 0 spiro atoms. The predicted molar refractivity (Wildman–Crippen MR) is 111 cm³/mol. The third-order valence-corrected chi connectivity index (χ3v) is 5.75. The lowest BCUT2D eigenvalue weighted by Gasteiger charge is -2.35. The van der Waals surface area contributed by atoms with Crippen molar-refractivity contribution in [3.8, 4) is 0 Å². The van der Waals surface area contributed by atoms with Crippen molar-refractivity contribution in [2.24, 2.45) is 7.05 Å². The lowest BCUT2D eigenvalue weighted by molar-refractivity contribution is -0.385. The molecule has 1 aliphatic rings. The molecule has 170 valence electrons. The van der Waals surface area contributed by atoms with Crippen LogP contribution in [0.4, 0.5) is 35.1 Å². The Hall–Kier alpha value is -3.03. The lowest BCUT2D eigenvalue weighted by atomic mass is 10.0. The van der Waals surface area contributed by atoms with Gasteiger partial charge in [0.05, 0.1) is 32.5 Å². The van der Waals surface area contributed by atoms with Crippen molar-refractivity contribution >= 4 is 44.5 Å². The van der Waals surface area contributed by atoms with Crippen molar-refractivity contribution in [3.05, 3.63) is 44.7 Å². The second kappa shape index (κ2) is 8.15. The van der Waals surface area contributed by atoms with Gasteiger partial charge < -0.3 is 14.8 Å². The van der Waals surface area contributed by atoms with E-state index >= 15 is 0 Å². The van der Waals surface area contributed by atoms with E-state index in [1.807, 2.05) is 0 Å². The van der Waals surface area contributed by atoms with Crippen LogP contribution in [0.1, 0.15) is 12.0 Å². The fourth-order valence-corrected chi connectivity index (χ4v) is 4.12. The summed E-state index contributed by atoms with van der Waals surface area (Å²) in [5.74, 6) is 0.372. The van der Waals surface area contributed by atoms with E-state index in [-0.39, 0.29) is 31.1 Å². The van der Waals surface area contributed by atoms with Gasteiger partial charge in [0, 0.05) is 44.5 Å². The van der Waals surface area contributed by atoms with Gasteiger partial charge >= 0.3 is 6.18 Å². The maximum atomic E-state index is 14.5. The van der Waals surface area contributed by atoms with Crippen LogP contribution in [-0.4, -0.2) is 49.7 Å². The zero-order valence-electron chi connectivity index (χ0n) is 16.5. The number of benzene rings is 1. The van der Waals surface area contributed by atoms with Crippen LogP contribution in [0.2, 0.25) is 0 Å². The number of nitro benzene ring substituents is 1. The van der Waals surface area contributed by atoms with Crippen molar-refractivity contribution in [1.29, 1.82) is 0 Å². The molecule has 2 aromatic heterocycles. The number of nitrogens with one attached hydrogen (secondary N) is 1. The number of nitrogens with zero attached hydrogens (tertiary/aromatic N) is 6. The van der Waals surface area contributed by atoms with Crippen molar-refractivity contribution in [2.75, 3.05) is 23.3 Å². The molecule has 0 amide bonds. The van der Waals surface area contributed by atoms with Crippen molar-refractivity contribution in [3.63, 3.8) is 0 Å². The molecule has 0 radical (unpaired) electrons. The smallest absolute Gasteiger partial charge is 0.350 e. The number of alkyl halides is 4. The SMILES string of the molecule is Cn1c(N2C[C@H](F)C[C@@H](Nc3ncc(C(F)(F)F)cn3)C2)nc2cc([N+](=O)[O-])c(Br)cc21. The fourth-order valence-electron chi connectivity index (χ4n) is 3.65. The van der Waals surface area contributed by atoms with E-state index in [4.69, 9.17) is 0 Å². The second-order valence-electron chi connectivity index (χ2n) is 7.39. The molecule has 1 fully saturated rings. The number of rotatable bonds is 4.